The molecule has 0 radical (unpaired) electrons. The van der Waals surface area contributed by atoms with Crippen LogP contribution in [0.15, 0.2) is 29.3 Å². The van der Waals surface area contributed by atoms with Gasteiger partial charge < -0.3 is 4.90 Å². The molecule has 0 saturated carbocycles. The van der Waals surface area contributed by atoms with Crippen molar-refractivity contribution in [3.63, 3.8) is 0 Å². The zero-order valence-electron chi connectivity index (χ0n) is 13.7. The highest BCUT2D eigenvalue weighted by Crippen LogP contribution is 2.33. The molecule has 1 atom stereocenters. The van der Waals surface area contributed by atoms with E-state index in [0.29, 0.717) is 12.1 Å². The lowest BCUT2D eigenvalue weighted by molar-refractivity contribution is -0.149. The molecule has 2 aliphatic rings. The van der Waals surface area contributed by atoms with Crippen LogP contribution in [0.4, 0.5) is 18.9 Å². The summed E-state index contributed by atoms with van der Waals surface area (Å²) in [4.78, 5) is 31.8. The van der Waals surface area contributed by atoms with Gasteiger partial charge >= 0.3 is 6.18 Å². The zero-order valence-corrected chi connectivity index (χ0v) is 13.7. The topological polar surface area (TPSA) is 65.0 Å². The first kappa shape index (κ1) is 17.2. The molecule has 0 bridgehead atoms. The molecule has 1 saturated heterocycles. The van der Waals surface area contributed by atoms with Crippen LogP contribution < -0.4 is 10.2 Å². The van der Waals surface area contributed by atoms with Gasteiger partial charge in [0, 0.05) is 5.69 Å². The first-order valence-corrected chi connectivity index (χ1v) is 7.77. The summed E-state index contributed by atoms with van der Waals surface area (Å²) in [6, 6.07) is 4.85. The Morgan fingerprint density at radius 2 is 2.04 bits per heavy atom. The van der Waals surface area contributed by atoms with Crippen LogP contribution in [0.3, 0.4) is 0 Å². The third kappa shape index (κ3) is 2.83. The van der Waals surface area contributed by atoms with Crippen LogP contribution in [0.1, 0.15) is 25.8 Å². The number of nitrogens with zero attached hydrogens (tertiary/aromatic N) is 3. The number of guanidine groups is 1. The largest absolute Gasteiger partial charge is 0.416 e. The number of hydrogen-bond donors (Lipinski definition) is 1. The van der Waals surface area contributed by atoms with Gasteiger partial charge in [-0.25, -0.2) is 4.99 Å². The number of benzene rings is 1. The summed E-state index contributed by atoms with van der Waals surface area (Å²) in [5.74, 6) is -0.680. The fraction of sp³-hybridized carbons (Fsp3) is 0.438. The Bertz CT molecular complexity index is 762. The van der Waals surface area contributed by atoms with Crippen LogP contribution in [0.2, 0.25) is 0 Å². The second-order valence-corrected chi connectivity index (χ2v) is 6.23. The van der Waals surface area contributed by atoms with Crippen molar-refractivity contribution in [3.8, 4) is 0 Å². The Hall–Kier alpha value is -2.58. The number of alkyl halides is 3. The van der Waals surface area contributed by atoms with E-state index in [4.69, 9.17) is 0 Å². The molecule has 2 amide bonds. The molecule has 2 heterocycles. The standard InChI is InChI=1S/C16H17F3N4O2/c1-3-15(2)12(24)21-14-20-8-22(9-23(14)13(15)25)11-6-4-5-10(7-11)16(17,18)19/h4-7H,3,8-9H2,1-2H3,(H,20,21,24). The number of rotatable bonds is 2. The first-order chi connectivity index (χ1) is 11.7. The van der Waals surface area contributed by atoms with E-state index in [1.54, 1.807) is 18.7 Å². The van der Waals surface area contributed by atoms with Gasteiger partial charge in [-0.3, -0.25) is 19.8 Å². The number of aliphatic imine (C=N–C) groups is 1. The summed E-state index contributed by atoms with van der Waals surface area (Å²) in [6.07, 6.45) is -4.14. The van der Waals surface area contributed by atoms with Gasteiger partial charge in [0.15, 0.2) is 0 Å². The van der Waals surface area contributed by atoms with E-state index in [1.807, 2.05) is 0 Å². The zero-order chi connectivity index (χ0) is 18.4. The fourth-order valence-corrected chi connectivity index (χ4v) is 2.78. The highest BCUT2D eigenvalue weighted by Gasteiger charge is 2.49. The van der Waals surface area contributed by atoms with Crippen molar-refractivity contribution >= 4 is 23.5 Å². The number of carbonyl (C=O) groups excluding carboxylic acids is 2. The van der Waals surface area contributed by atoms with Gasteiger partial charge in [0.1, 0.15) is 18.8 Å². The fourth-order valence-electron chi connectivity index (χ4n) is 2.78. The third-order valence-electron chi connectivity index (χ3n) is 4.65. The summed E-state index contributed by atoms with van der Waals surface area (Å²) in [6.45, 7) is 3.34. The molecule has 0 aliphatic carbocycles. The summed E-state index contributed by atoms with van der Waals surface area (Å²) >= 11 is 0. The maximum atomic E-state index is 12.9. The van der Waals surface area contributed by atoms with E-state index in [1.165, 1.54) is 17.0 Å². The average Bonchev–Trinajstić information content (AvgIpc) is 2.59. The van der Waals surface area contributed by atoms with Gasteiger partial charge in [0.2, 0.25) is 17.8 Å². The Balaban J connectivity index is 1.90. The molecule has 6 nitrogen and oxygen atoms in total. The van der Waals surface area contributed by atoms with Gasteiger partial charge in [-0.2, -0.15) is 13.2 Å². The number of amides is 2. The minimum absolute atomic E-state index is 0.0227. The average molecular weight is 354 g/mol. The molecule has 0 aromatic heterocycles. The van der Waals surface area contributed by atoms with Crippen molar-refractivity contribution in [2.24, 2.45) is 10.4 Å². The minimum Gasteiger partial charge on any atom is -0.334 e. The summed E-state index contributed by atoms with van der Waals surface area (Å²) in [5, 5.41) is 2.61. The minimum atomic E-state index is -4.45. The van der Waals surface area contributed by atoms with Crippen molar-refractivity contribution in [3.05, 3.63) is 29.8 Å². The number of hydrogen-bond acceptors (Lipinski definition) is 4. The van der Waals surface area contributed by atoms with Gasteiger partial charge in [-0.1, -0.05) is 13.0 Å². The second kappa shape index (κ2) is 5.75. The van der Waals surface area contributed by atoms with Crippen molar-refractivity contribution in [1.82, 2.24) is 10.2 Å². The number of carbonyl (C=O) groups is 2. The highest BCUT2D eigenvalue weighted by atomic mass is 19.4. The second-order valence-electron chi connectivity index (χ2n) is 6.23. The van der Waals surface area contributed by atoms with E-state index in [2.05, 4.69) is 10.3 Å². The first-order valence-electron chi connectivity index (χ1n) is 7.77. The monoisotopic (exact) mass is 354 g/mol. The number of nitrogens with one attached hydrogen (secondary N) is 1. The van der Waals surface area contributed by atoms with Gasteiger partial charge in [0.25, 0.3) is 0 Å². The molecule has 3 rings (SSSR count). The van der Waals surface area contributed by atoms with E-state index < -0.39 is 29.0 Å². The SMILES string of the molecule is CCC1(C)C(=O)NC2=NCN(c3cccc(C(F)(F)F)c3)CN2C1=O. The smallest absolute Gasteiger partial charge is 0.334 e. The van der Waals surface area contributed by atoms with Gasteiger partial charge in [-0.15, -0.1) is 0 Å². The molecule has 9 heteroatoms. The quantitative estimate of drug-likeness (QED) is 0.828. The normalized spacial score (nSPS) is 24.0. The molecule has 0 spiro atoms. The van der Waals surface area contributed by atoms with Crippen molar-refractivity contribution < 1.29 is 22.8 Å². The molecular formula is C16H17F3N4O2. The lowest BCUT2D eigenvalue weighted by Crippen LogP contribution is -2.66. The molecule has 2 aliphatic heterocycles. The predicted molar refractivity (Wildman–Crippen MR) is 84.5 cm³/mol. The van der Waals surface area contributed by atoms with E-state index in [-0.39, 0.29) is 19.3 Å². The summed E-state index contributed by atoms with van der Waals surface area (Å²) in [5.41, 5.74) is -1.67. The third-order valence-corrected chi connectivity index (χ3v) is 4.65. The van der Waals surface area contributed by atoms with Crippen LogP contribution in [-0.4, -0.2) is 36.0 Å². The molecule has 1 fully saturated rings. The molecule has 134 valence electrons. The maximum absolute atomic E-state index is 12.9. The lowest BCUT2D eigenvalue weighted by atomic mass is 9.83. The molecule has 1 aromatic rings. The Morgan fingerprint density at radius 3 is 2.68 bits per heavy atom. The number of anilines is 1. The van der Waals surface area contributed by atoms with Crippen LogP contribution in [0.25, 0.3) is 0 Å². The van der Waals surface area contributed by atoms with Crippen molar-refractivity contribution in [2.75, 3.05) is 18.2 Å². The van der Waals surface area contributed by atoms with Crippen molar-refractivity contribution in [2.45, 2.75) is 26.4 Å². The maximum Gasteiger partial charge on any atom is 0.416 e. The predicted octanol–water partition coefficient (Wildman–Crippen LogP) is 2.17. The van der Waals surface area contributed by atoms with E-state index >= 15 is 0 Å². The molecule has 1 aromatic carbocycles. The summed E-state index contributed by atoms with van der Waals surface area (Å²) < 4.78 is 38.7. The van der Waals surface area contributed by atoms with Gasteiger partial charge in [-0.05, 0) is 31.5 Å². The van der Waals surface area contributed by atoms with Crippen LogP contribution in [-0.2, 0) is 15.8 Å². The lowest BCUT2D eigenvalue weighted by Gasteiger charge is -2.43. The summed E-state index contributed by atoms with van der Waals surface area (Å²) in [7, 11) is 0. The Morgan fingerprint density at radius 1 is 1.32 bits per heavy atom. The molecule has 1 unspecified atom stereocenters. The molecule has 1 N–H and O–H groups in total. The van der Waals surface area contributed by atoms with Crippen LogP contribution in [0, 0.1) is 5.41 Å². The van der Waals surface area contributed by atoms with Crippen molar-refractivity contribution in [1.29, 1.82) is 0 Å². The Labute approximate surface area is 142 Å². The van der Waals surface area contributed by atoms with Crippen LogP contribution >= 0.6 is 0 Å². The molecule has 25 heavy (non-hydrogen) atoms. The number of halogens is 3. The van der Waals surface area contributed by atoms with E-state index in [9.17, 15) is 22.8 Å². The van der Waals surface area contributed by atoms with E-state index in [0.717, 1.165) is 12.1 Å². The van der Waals surface area contributed by atoms with Crippen LogP contribution in [0.5, 0.6) is 0 Å². The highest BCUT2D eigenvalue weighted by molar-refractivity contribution is 6.20. The Kier molecular flexibility index (Phi) is 3.97. The molecular weight excluding hydrogens is 337 g/mol. The number of fused-ring (bicyclic) bond motifs is 1. The van der Waals surface area contributed by atoms with Gasteiger partial charge in [0.05, 0.1) is 5.56 Å².